The van der Waals surface area contributed by atoms with Gasteiger partial charge in [0, 0.05) is 5.69 Å². The fraction of sp³-hybridized carbons (Fsp3) is 0.538. The van der Waals surface area contributed by atoms with Gasteiger partial charge in [0.1, 0.15) is 11.2 Å². The van der Waals surface area contributed by atoms with Gasteiger partial charge in [-0.05, 0) is 43.5 Å². The topological polar surface area (TPSA) is 51.1 Å². The van der Waals surface area contributed by atoms with Gasteiger partial charge in [0.05, 0.1) is 13.2 Å². The lowest BCUT2D eigenvalue weighted by Gasteiger charge is -2.20. The normalized spacial score (nSPS) is 36.2. The summed E-state index contributed by atoms with van der Waals surface area (Å²) in [6.07, 6.45) is 0. The Bertz CT molecular complexity index is 459. The highest BCUT2D eigenvalue weighted by Crippen LogP contribution is 2.49. The highest BCUT2D eigenvalue weighted by molar-refractivity contribution is 5.58. The van der Waals surface area contributed by atoms with Crippen LogP contribution in [0.3, 0.4) is 0 Å². The number of hydrogen-bond acceptors (Lipinski definition) is 3. The summed E-state index contributed by atoms with van der Waals surface area (Å²) in [6.45, 7) is 7.86. The molecule has 0 bridgehead atoms. The summed E-state index contributed by atoms with van der Waals surface area (Å²) in [5.41, 5.74) is 10.1. The van der Waals surface area contributed by atoms with Crippen LogP contribution in [0.2, 0.25) is 0 Å². The SMILES string of the molecule is Cc1c(N)ccc(C2(C)CO2)c1C1(C)CO1. The van der Waals surface area contributed by atoms with E-state index in [9.17, 15) is 0 Å². The second-order valence-electron chi connectivity index (χ2n) is 5.24. The Balaban J connectivity index is 2.21. The molecule has 2 N–H and O–H groups in total. The third-order valence-corrected chi connectivity index (χ3v) is 3.76. The quantitative estimate of drug-likeness (QED) is 0.612. The lowest BCUT2D eigenvalue weighted by atomic mass is 9.85. The maximum Gasteiger partial charge on any atom is 0.114 e. The molecule has 2 fully saturated rings. The lowest BCUT2D eigenvalue weighted by molar-refractivity contribution is 0.305. The minimum Gasteiger partial charge on any atom is -0.399 e. The van der Waals surface area contributed by atoms with Crippen LogP contribution in [0.15, 0.2) is 12.1 Å². The van der Waals surface area contributed by atoms with Crippen LogP contribution >= 0.6 is 0 Å². The Morgan fingerprint density at radius 3 is 2.19 bits per heavy atom. The first-order chi connectivity index (χ1) is 7.46. The van der Waals surface area contributed by atoms with Gasteiger partial charge in [0.25, 0.3) is 0 Å². The van der Waals surface area contributed by atoms with Gasteiger partial charge < -0.3 is 15.2 Å². The lowest BCUT2D eigenvalue weighted by Crippen LogP contribution is -2.16. The van der Waals surface area contributed by atoms with Crippen molar-refractivity contribution in [1.82, 2.24) is 0 Å². The third kappa shape index (κ3) is 1.28. The molecule has 3 nitrogen and oxygen atoms in total. The number of rotatable bonds is 2. The van der Waals surface area contributed by atoms with Gasteiger partial charge in [-0.2, -0.15) is 0 Å². The van der Waals surface area contributed by atoms with Crippen molar-refractivity contribution in [3.8, 4) is 0 Å². The Labute approximate surface area is 95.5 Å². The van der Waals surface area contributed by atoms with E-state index in [0.717, 1.165) is 24.5 Å². The van der Waals surface area contributed by atoms with Crippen molar-refractivity contribution >= 4 is 5.69 Å². The van der Waals surface area contributed by atoms with Gasteiger partial charge in [-0.25, -0.2) is 0 Å². The van der Waals surface area contributed by atoms with Gasteiger partial charge in [-0.1, -0.05) is 6.07 Å². The highest BCUT2D eigenvalue weighted by atomic mass is 16.6. The summed E-state index contributed by atoms with van der Waals surface area (Å²) < 4.78 is 11.1. The van der Waals surface area contributed by atoms with E-state index in [1.807, 2.05) is 6.07 Å². The Morgan fingerprint density at radius 2 is 1.69 bits per heavy atom. The summed E-state index contributed by atoms with van der Waals surface area (Å²) in [7, 11) is 0. The molecular formula is C13H17NO2. The van der Waals surface area contributed by atoms with E-state index in [2.05, 4.69) is 26.8 Å². The summed E-state index contributed by atoms with van der Waals surface area (Å²) >= 11 is 0. The van der Waals surface area contributed by atoms with Crippen molar-refractivity contribution in [3.05, 3.63) is 28.8 Å². The molecule has 2 atom stereocenters. The van der Waals surface area contributed by atoms with Crippen LogP contribution in [-0.2, 0) is 20.7 Å². The van der Waals surface area contributed by atoms with Gasteiger partial charge >= 0.3 is 0 Å². The minimum absolute atomic E-state index is 0.122. The molecule has 86 valence electrons. The van der Waals surface area contributed by atoms with Crippen molar-refractivity contribution in [2.75, 3.05) is 18.9 Å². The molecule has 0 radical (unpaired) electrons. The van der Waals surface area contributed by atoms with E-state index in [1.165, 1.54) is 11.1 Å². The van der Waals surface area contributed by atoms with Crippen LogP contribution in [-0.4, -0.2) is 13.2 Å². The van der Waals surface area contributed by atoms with Gasteiger partial charge in [-0.3, -0.25) is 0 Å². The van der Waals surface area contributed by atoms with Gasteiger partial charge in [-0.15, -0.1) is 0 Å². The smallest absolute Gasteiger partial charge is 0.114 e. The van der Waals surface area contributed by atoms with Crippen LogP contribution in [0.5, 0.6) is 0 Å². The molecule has 2 unspecified atom stereocenters. The Kier molecular flexibility index (Phi) is 1.76. The van der Waals surface area contributed by atoms with E-state index in [1.54, 1.807) is 0 Å². The van der Waals surface area contributed by atoms with Crippen molar-refractivity contribution in [1.29, 1.82) is 0 Å². The molecule has 1 aromatic rings. The third-order valence-electron chi connectivity index (χ3n) is 3.76. The number of hydrogen-bond donors (Lipinski definition) is 1. The first-order valence-electron chi connectivity index (χ1n) is 5.64. The van der Waals surface area contributed by atoms with E-state index < -0.39 is 0 Å². The molecule has 0 amide bonds. The first-order valence-corrected chi connectivity index (χ1v) is 5.64. The predicted octanol–water partition coefficient (Wildman–Crippen LogP) is 2.07. The van der Waals surface area contributed by atoms with E-state index in [0.29, 0.717) is 0 Å². The number of epoxide rings is 2. The molecule has 0 aliphatic carbocycles. The zero-order valence-electron chi connectivity index (χ0n) is 9.96. The summed E-state index contributed by atoms with van der Waals surface area (Å²) in [4.78, 5) is 0. The summed E-state index contributed by atoms with van der Waals surface area (Å²) in [5.74, 6) is 0. The fourth-order valence-electron chi connectivity index (χ4n) is 2.37. The predicted molar refractivity (Wildman–Crippen MR) is 62.2 cm³/mol. The number of nitrogen functional groups attached to an aromatic ring is 1. The Hall–Kier alpha value is -1.06. The second-order valence-corrected chi connectivity index (χ2v) is 5.24. The standard InChI is InChI=1S/C13H17NO2/c1-8-10(14)5-4-9(12(2)6-15-12)11(8)13(3)7-16-13/h4-5H,6-7,14H2,1-3H3. The van der Waals surface area contributed by atoms with Crippen molar-refractivity contribution in [2.24, 2.45) is 0 Å². The monoisotopic (exact) mass is 219 g/mol. The number of anilines is 1. The number of nitrogens with two attached hydrogens (primary N) is 1. The highest BCUT2D eigenvalue weighted by Gasteiger charge is 2.50. The van der Waals surface area contributed by atoms with Crippen LogP contribution in [0.25, 0.3) is 0 Å². The molecule has 0 saturated carbocycles. The van der Waals surface area contributed by atoms with Crippen LogP contribution in [0, 0.1) is 6.92 Å². The van der Waals surface area contributed by atoms with E-state index >= 15 is 0 Å². The average Bonchev–Trinajstić information content (AvgIpc) is 3.12. The molecule has 2 heterocycles. The van der Waals surface area contributed by atoms with Crippen molar-refractivity contribution in [3.63, 3.8) is 0 Å². The van der Waals surface area contributed by atoms with Gasteiger partial charge in [0.15, 0.2) is 0 Å². The van der Waals surface area contributed by atoms with Crippen LogP contribution < -0.4 is 5.73 Å². The zero-order valence-corrected chi connectivity index (χ0v) is 9.96. The maximum atomic E-state index is 5.98. The molecule has 3 rings (SSSR count). The largest absolute Gasteiger partial charge is 0.399 e. The molecule has 2 saturated heterocycles. The van der Waals surface area contributed by atoms with E-state index in [-0.39, 0.29) is 11.2 Å². The molecular weight excluding hydrogens is 202 g/mol. The van der Waals surface area contributed by atoms with Crippen molar-refractivity contribution < 1.29 is 9.47 Å². The number of benzene rings is 1. The minimum atomic E-state index is -0.149. The van der Waals surface area contributed by atoms with Gasteiger partial charge in [0.2, 0.25) is 0 Å². The molecule has 0 spiro atoms. The molecule has 16 heavy (non-hydrogen) atoms. The van der Waals surface area contributed by atoms with Crippen molar-refractivity contribution in [2.45, 2.75) is 32.0 Å². The average molecular weight is 219 g/mol. The molecule has 2 aliphatic heterocycles. The fourth-order valence-corrected chi connectivity index (χ4v) is 2.37. The summed E-state index contributed by atoms with van der Waals surface area (Å²) in [5, 5.41) is 0. The maximum absolute atomic E-state index is 5.98. The molecule has 1 aromatic carbocycles. The second kappa shape index (κ2) is 2.79. The van der Waals surface area contributed by atoms with Crippen LogP contribution in [0.4, 0.5) is 5.69 Å². The molecule has 0 aromatic heterocycles. The molecule has 2 aliphatic rings. The zero-order chi connectivity index (χ0) is 11.6. The first kappa shape index (κ1) is 10.1. The number of ether oxygens (including phenoxy) is 2. The summed E-state index contributed by atoms with van der Waals surface area (Å²) in [6, 6.07) is 4.05. The molecule has 3 heteroatoms. The van der Waals surface area contributed by atoms with E-state index in [4.69, 9.17) is 15.2 Å². The Morgan fingerprint density at radius 1 is 1.12 bits per heavy atom. The van der Waals surface area contributed by atoms with Crippen LogP contribution in [0.1, 0.15) is 30.5 Å².